The van der Waals surface area contributed by atoms with Crippen molar-refractivity contribution in [3.63, 3.8) is 0 Å². The fraction of sp³-hybridized carbons (Fsp3) is 0.263. The highest BCUT2D eigenvalue weighted by Crippen LogP contribution is 2.26. The predicted octanol–water partition coefficient (Wildman–Crippen LogP) is 1.81. The van der Waals surface area contributed by atoms with Crippen LogP contribution in [0, 0.1) is 6.92 Å². The summed E-state index contributed by atoms with van der Waals surface area (Å²) in [7, 11) is 1.82. The standard InChI is InChI=1S/C19H21N5O2/c1-12-17-15(19(26)21-10-9-20-13(2)25)11-16(14-7-5-4-6-8-14)22-18(17)24(3)23-12/h4-8,11H,9-10H2,1-3H3,(H,20,25)(H,21,26). The maximum atomic E-state index is 12.8. The molecule has 0 atom stereocenters. The summed E-state index contributed by atoms with van der Waals surface area (Å²) in [5, 5.41) is 10.6. The van der Waals surface area contributed by atoms with Crippen molar-refractivity contribution in [2.24, 2.45) is 7.05 Å². The summed E-state index contributed by atoms with van der Waals surface area (Å²) < 4.78 is 1.69. The number of carbonyl (C=O) groups is 2. The molecule has 7 nitrogen and oxygen atoms in total. The molecule has 0 aliphatic rings. The Morgan fingerprint density at radius 1 is 1.12 bits per heavy atom. The molecule has 0 aliphatic carbocycles. The number of carbonyl (C=O) groups excluding carboxylic acids is 2. The van der Waals surface area contributed by atoms with E-state index in [9.17, 15) is 9.59 Å². The van der Waals surface area contributed by atoms with Crippen LogP contribution in [0.3, 0.4) is 0 Å². The summed E-state index contributed by atoms with van der Waals surface area (Å²) in [5.41, 5.74) is 3.59. The number of pyridine rings is 1. The Kier molecular flexibility index (Phi) is 4.97. The van der Waals surface area contributed by atoms with Gasteiger partial charge in [-0.15, -0.1) is 0 Å². The second kappa shape index (κ2) is 7.35. The number of aromatic nitrogens is 3. The first-order valence-electron chi connectivity index (χ1n) is 8.40. The molecule has 1 aromatic carbocycles. The number of benzene rings is 1. The fourth-order valence-corrected chi connectivity index (χ4v) is 2.89. The van der Waals surface area contributed by atoms with Crippen LogP contribution in [0.15, 0.2) is 36.4 Å². The lowest BCUT2D eigenvalue weighted by atomic mass is 10.0. The molecule has 134 valence electrons. The first-order chi connectivity index (χ1) is 12.5. The highest BCUT2D eigenvalue weighted by Gasteiger charge is 2.19. The van der Waals surface area contributed by atoms with Gasteiger partial charge in [0.25, 0.3) is 5.91 Å². The molecule has 3 rings (SSSR count). The average Bonchev–Trinajstić information content (AvgIpc) is 2.92. The molecule has 0 radical (unpaired) electrons. The topological polar surface area (TPSA) is 88.9 Å². The highest BCUT2D eigenvalue weighted by atomic mass is 16.2. The quantitative estimate of drug-likeness (QED) is 0.686. The number of rotatable bonds is 5. The summed E-state index contributed by atoms with van der Waals surface area (Å²) in [6.07, 6.45) is 0. The van der Waals surface area contributed by atoms with Gasteiger partial charge in [-0.3, -0.25) is 14.3 Å². The Labute approximate surface area is 151 Å². The number of aryl methyl sites for hydroxylation is 2. The third-order valence-electron chi connectivity index (χ3n) is 4.07. The molecule has 2 aromatic heterocycles. The van der Waals surface area contributed by atoms with Crippen LogP contribution in [0.1, 0.15) is 23.0 Å². The molecule has 2 amide bonds. The SMILES string of the molecule is CC(=O)NCCNC(=O)c1cc(-c2ccccc2)nc2c1c(C)nn2C. The Morgan fingerprint density at radius 2 is 1.81 bits per heavy atom. The van der Waals surface area contributed by atoms with Crippen molar-refractivity contribution in [3.05, 3.63) is 47.7 Å². The van der Waals surface area contributed by atoms with Crippen molar-refractivity contribution in [1.29, 1.82) is 0 Å². The molecule has 7 heteroatoms. The zero-order valence-electron chi connectivity index (χ0n) is 15.0. The number of fused-ring (bicyclic) bond motifs is 1. The third-order valence-corrected chi connectivity index (χ3v) is 4.07. The lowest BCUT2D eigenvalue weighted by Crippen LogP contribution is -2.33. The van der Waals surface area contributed by atoms with Gasteiger partial charge in [0.2, 0.25) is 5.91 Å². The minimum atomic E-state index is -0.212. The fourth-order valence-electron chi connectivity index (χ4n) is 2.89. The van der Waals surface area contributed by atoms with E-state index in [4.69, 9.17) is 4.98 Å². The van der Waals surface area contributed by atoms with E-state index in [1.807, 2.05) is 44.3 Å². The summed E-state index contributed by atoms with van der Waals surface area (Å²) in [5.74, 6) is -0.337. The van der Waals surface area contributed by atoms with E-state index in [1.165, 1.54) is 6.92 Å². The predicted molar refractivity (Wildman–Crippen MR) is 99.7 cm³/mol. The second-order valence-electron chi connectivity index (χ2n) is 6.07. The van der Waals surface area contributed by atoms with E-state index < -0.39 is 0 Å². The van der Waals surface area contributed by atoms with Crippen LogP contribution in [0.2, 0.25) is 0 Å². The van der Waals surface area contributed by atoms with E-state index in [-0.39, 0.29) is 11.8 Å². The van der Waals surface area contributed by atoms with Crippen molar-refractivity contribution in [2.75, 3.05) is 13.1 Å². The van der Waals surface area contributed by atoms with Crippen LogP contribution in [0.5, 0.6) is 0 Å². The maximum Gasteiger partial charge on any atom is 0.252 e. The van der Waals surface area contributed by atoms with Crippen molar-refractivity contribution in [1.82, 2.24) is 25.4 Å². The molecule has 0 aliphatic heterocycles. The zero-order valence-corrected chi connectivity index (χ0v) is 15.0. The van der Waals surface area contributed by atoms with E-state index in [1.54, 1.807) is 10.7 Å². The van der Waals surface area contributed by atoms with E-state index >= 15 is 0 Å². The van der Waals surface area contributed by atoms with Crippen molar-refractivity contribution >= 4 is 22.8 Å². The zero-order chi connectivity index (χ0) is 18.7. The normalized spacial score (nSPS) is 10.7. The maximum absolute atomic E-state index is 12.8. The number of nitrogens with zero attached hydrogens (tertiary/aromatic N) is 3. The van der Waals surface area contributed by atoms with Gasteiger partial charge >= 0.3 is 0 Å². The summed E-state index contributed by atoms with van der Waals surface area (Å²) in [6, 6.07) is 11.5. The summed E-state index contributed by atoms with van der Waals surface area (Å²) in [4.78, 5) is 28.4. The van der Waals surface area contributed by atoms with Gasteiger partial charge < -0.3 is 10.6 Å². The number of hydrogen-bond donors (Lipinski definition) is 2. The highest BCUT2D eigenvalue weighted by molar-refractivity contribution is 6.07. The lowest BCUT2D eigenvalue weighted by molar-refractivity contribution is -0.118. The van der Waals surface area contributed by atoms with E-state index in [0.29, 0.717) is 30.0 Å². The molecule has 0 saturated carbocycles. The molecule has 0 bridgehead atoms. The molecule has 3 aromatic rings. The molecular formula is C19H21N5O2. The van der Waals surface area contributed by atoms with Gasteiger partial charge in [0.1, 0.15) is 0 Å². The van der Waals surface area contributed by atoms with Gasteiger partial charge in [-0.25, -0.2) is 4.98 Å². The number of nitrogens with one attached hydrogen (secondary N) is 2. The van der Waals surface area contributed by atoms with Gasteiger partial charge in [0.15, 0.2) is 5.65 Å². The summed E-state index contributed by atoms with van der Waals surface area (Å²) >= 11 is 0. The van der Waals surface area contributed by atoms with Gasteiger partial charge in [0.05, 0.1) is 22.3 Å². The Balaban J connectivity index is 1.99. The summed E-state index contributed by atoms with van der Waals surface area (Å²) in [6.45, 7) is 4.04. The van der Waals surface area contributed by atoms with Crippen LogP contribution in [-0.4, -0.2) is 39.7 Å². The first kappa shape index (κ1) is 17.6. The molecule has 26 heavy (non-hydrogen) atoms. The van der Waals surface area contributed by atoms with Crippen molar-refractivity contribution in [2.45, 2.75) is 13.8 Å². The lowest BCUT2D eigenvalue weighted by Gasteiger charge is -2.09. The Hall–Kier alpha value is -3.22. The molecule has 0 saturated heterocycles. The third kappa shape index (κ3) is 3.56. The van der Waals surface area contributed by atoms with Crippen LogP contribution in [-0.2, 0) is 11.8 Å². The molecule has 2 heterocycles. The minimum absolute atomic E-state index is 0.125. The van der Waals surface area contributed by atoms with E-state index in [0.717, 1.165) is 16.6 Å². The molecule has 2 N–H and O–H groups in total. The van der Waals surface area contributed by atoms with Gasteiger partial charge in [0, 0.05) is 32.6 Å². The van der Waals surface area contributed by atoms with Crippen LogP contribution < -0.4 is 10.6 Å². The number of hydrogen-bond acceptors (Lipinski definition) is 4. The van der Waals surface area contributed by atoms with Crippen LogP contribution >= 0.6 is 0 Å². The van der Waals surface area contributed by atoms with Crippen LogP contribution in [0.4, 0.5) is 0 Å². The molecular weight excluding hydrogens is 330 g/mol. The Morgan fingerprint density at radius 3 is 2.50 bits per heavy atom. The second-order valence-corrected chi connectivity index (χ2v) is 6.07. The average molecular weight is 351 g/mol. The Bertz CT molecular complexity index is 963. The first-order valence-corrected chi connectivity index (χ1v) is 8.40. The largest absolute Gasteiger partial charge is 0.355 e. The van der Waals surface area contributed by atoms with Gasteiger partial charge in [-0.05, 0) is 13.0 Å². The van der Waals surface area contributed by atoms with Crippen molar-refractivity contribution in [3.8, 4) is 11.3 Å². The number of amides is 2. The molecule has 0 unspecified atom stereocenters. The monoisotopic (exact) mass is 351 g/mol. The van der Waals surface area contributed by atoms with Crippen LogP contribution in [0.25, 0.3) is 22.3 Å². The molecule has 0 fully saturated rings. The van der Waals surface area contributed by atoms with Gasteiger partial charge in [-0.2, -0.15) is 5.10 Å². The van der Waals surface area contributed by atoms with E-state index in [2.05, 4.69) is 15.7 Å². The van der Waals surface area contributed by atoms with Gasteiger partial charge in [-0.1, -0.05) is 30.3 Å². The van der Waals surface area contributed by atoms with Crippen molar-refractivity contribution < 1.29 is 9.59 Å². The smallest absolute Gasteiger partial charge is 0.252 e. The minimum Gasteiger partial charge on any atom is -0.355 e. The molecule has 0 spiro atoms.